The van der Waals surface area contributed by atoms with E-state index in [1.54, 1.807) is 11.3 Å². The predicted octanol–water partition coefficient (Wildman–Crippen LogP) is 2.86. The van der Waals surface area contributed by atoms with Gasteiger partial charge in [-0.2, -0.15) is 0 Å². The van der Waals surface area contributed by atoms with Crippen molar-refractivity contribution in [3.63, 3.8) is 0 Å². The van der Waals surface area contributed by atoms with E-state index in [9.17, 15) is 9.90 Å². The van der Waals surface area contributed by atoms with Crippen LogP contribution in [0.5, 0.6) is 0 Å². The molecule has 1 heterocycles. The molecule has 2 rings (SSSR count). The Labute approximate surface area is 136 Å². The van der Waals surface area contributed by atoms with Gasteiger partial charge in [0.05, 0.1) is 18.3 Å². The number of urea groups is 1. The van der Waals surface area contributed by atoms with Crippen molar-refractivity contribution >= 4 is 17.4 Å². The summed E-state index contributed by atoms with van der Waals surface area (Å²) in [5, 5.41) is 18.9. The van der Waals surface area contributed by atoms with E-state index in [-0.39, 0.29) is 17.4 Å². The number of nitrogens with zero attached hydrogens (tertiary/aromatic N) is 1. The van der Waals surface area contributed by atoms with Gasteiger partial charge in [-0.1, -0.05) is 27.7 Å². The van der Waals surface area contributed by atoms with E-state index in [1.165, 1.54) is 18.5 Å². The standard InChI is InChI=1S/C16H27N3O2S/c1-10(2)14(20)16(3,4)9-18-15(21)17-7-13-19-12(8-22-13)11-5-6-11/h8,10-11,14,20H,5-7,9H2,1-4H3,(H2,17,18,21). The van der Waals surface area contributed by atoms with E-state index in [4.69, 9.17) is 0 Å². The van der Waals surface area contributed by atoms with Crippen molar-refractivity contribution in [3.8, 4) is 0 Å². The fraction of sp³-hybridized carbons (Fsp3) is 0.750. The molecule has 1 atom stereocenters. The number of amides is 2. The second-order valence-electron chi connectivity index (χ2n) is 7.15. The van der Waals surface area contributed by atoms with Gasteiger partial charge in [-0.15, -0.1) is 11.3 Å². The molecule has 0 aromatic carbocycles. The van der Waals surface area contributed by atoms with E-state index in [0.717, 1.165) is 5.01 Å². The molecule has 1 aromatic rings. The highest BCUT2D eigenvalue weighted by Gasteiger charge is 2.30. The third kappa shape index (κ3) is 4.68. The molecule has 5 nitrogen and oxygen atoms in total. The van der Waals surface area contributed by atoms with Crippen molar-refractivity contribution < 1.29 is 9.90 Å². The molecule has 0 spiro atoms. The summed E-state index contributed by atoms with van der Waals surface area (Å²) >= 11 is 1.60. The number of aromatic nitrogens is 1. The first kappa shape index (κ1) is 17.2. The summed E-state index contributed by atoms with van der Waals surface area (Å²) in [5.41, 5.74) is 0.814. The second kappa shape index (κ2) is 6.96. The molecule has 1 fully saturated rings. The van der Waals surface area contributed by atoms with Crippen LogP contribution in [-0.2, 0) is 6.54 Å². The van der Waals surface area contributed by atoms with Gasteiger partial charge in [-0.25, -0.2) is 9.78 Å². The van der Waals surface area contributed by atoms with Crippen LogP contribution in [0.15, 0.2) is 5.38 Å². The molecule has 1 saturated carbocycles. The molecule has 0 radical (unpaired) electrons. The maximum Gasteiger partial charge on any atom is 0.315 e. The zero-order chi connectivity index (χ0) is 16.3. The van der Waals surface area contributed by atoms with Crippen LogP contribution in [0.1, 0.15) is 57.2 Å². The molecule has 6 heteroatoms. The number of aliphatic hydroxyl groups is 1. The highest BCUT2D eigenvalue weighted by atomic mass is 32.1. The fourth-order valence-electron chi connectivity index (χ4n) is 2.51. The molecule has 1 aromatic heterocycles. The average Bonchev–Trinajstić information content (AvgIpc) is 3.21. The molecule has 124 valence electrons. The summed E-state index contributed by atoms with van der Waals surface area (Å²) in [6.07, 6.45) is 2.03. The Morgan fingerprint density at radius 2 is 2.14 bits per heavy atom. The number of nitrogens with one attached hydrogen (secondary N) is 2. The summed E-state index contributed by atoms with van der Waals surface area (Å²) in [7, 11) is 0. The number of carbonyl (C=O) groups is 1. The molecule has 3 N–H and O–H groups in total. The number of hydrogen-bond acceptors (Lipinski definition) is 4. The number of aliphatic hydroxyl groups excluding tert-OH is 1. The highest BCUT2D eigenvalue weighted by molar-refractivity contribution is 7.09. The molecule has 0 saturated heterocycles. The maximum absolute atomic E-state index is 11.9. The Bertz CT molecular complexity index is 509. The van der Waals surface area contributed by atoms with Gasteiger partial charge in [0.2, 0.25) is 0 Å². The van der Waals surface area contributed by atoms with Crippen molar-refractivity contribution in [2.24, 2.45) is 11.3 Å². The quantitative estimate of drug-likeness (QED) is 0.721. The van der Waals surface area contributed by atoms with E-state index in [0.29, 0.717) is 19.0 Å². The smallest absolute Gasteiger partial charge is 0.315 e. The first-order valence-corrected chi connectivity index (χ1v) is 8.81. The van der Waals surface area contributed by atoms with Gasteiger partial charge in [-0.3, -0.25) is 0 Å². The molecule has 22 heavy (non-hydrogen) atoms. The number of thiazole rings is 1. The van der Waals surface area contributed by atoms with Gasteiger partial charge in [0.25, 0.3) is 0 Å². The van der Waals surface area contributed by atoms with Gasteiger partial charge in [0.15, 0.2) is 0 Å². The molecule has 0 aliphatic heterocycles. The van der Waals surface area contributed by atoms with Crippen molar-refractivity contribution in [1.82, 2.24) is 15.6 Å². The maximum atomic E-state index is 11.9. The Morgan fingerprint density at radius 3 is 2.73 bits per heavy atom. The third-order valence-corrected chi connectivity index (χ3v) is 4.97. The monoisotopic (exact) mass is 325 g/mol. The molecule has 0 bridgehead atoms. The molecular weight excluding hydrogens is 298 g/mol. The molecule has 2 amide bonds. The van der Waals surface area contributed by atoms with Crippen LogP contribution in [0.2, 0.25) is 0 Å². The Hall–Kier alpha value is -1.14. The van der Waals surface area contributed by atoms with E-state index < -0.39 is 6.10 Å². The zero-order valence-corrected chi connectivity index (χ0v) is 14.7. The SMILES string of the molecule is CC(C)C(O)C(C)(C)CNC(=O)NCc1nc(C2CC2)cs1. The average molecular weight is 325 g/mol. The van der Waals surface area contributed by atoms with Gasteiger partial charge < -0.3 is 15.7 Å². The normalized spacial score (nSPS) is 16.6. The van der Waals surface area contributed by atoms with Crippen LogP contribution in [0.25, 0.3) is 0 Å². The van der Waals surface area contributed by atoms with Crippen molar-refractivity contribution in [2.75, 3.05) is 6.54 Å². The Balaban J connectivity index is 1.73. The summed E-state index contributed by atoms with van der Waals surface area (Å²) in [4.78, 5) is 16.4. The molecule has 1 aliphatic rings. The van der Waals surface area contributed by atoms with Gasteiger partial charge >= 0.3 is 6.03 Å². The highest BCUT2D eigenvalue weighted by Crippen LogP contribution is 2.40. The van der Waals surface area contributed by atoms with Crippen molar-refractivity contribution in [2.45, 2.75) is 59.1 Å². The molecular formula is C16H27N3O2S. The minimum atomic E-state index is -0.451. The van der Waals surface area contributed by atoms with E-state index >= 15 is 0 Å². The van der Waals surface area contributed by atoms with Crippen LogP contribution >= 0.6 is 11.3 Å². The van der Waals surface area contributed by atoms with Gasteiger partial charge in [0, 0.05) is 23.3 Å². The van der Waals surface area contributed by atoms with Gasteiger partial charge in [-0.05, 0) is 18.8 Å². The predicted molar refractivity (Wildman–Crippen MR) is 89.0 cm³/mol. The lowest BCUT2D eigenvalue weighted by Gasteiger charge is -2.33. The zero-order valence-electron chi connectivity index (χ0n) is 13.8. The minimum Gasteiger partial charge on any atom is -0.392 e. The Morgan fingerprint density at radius 1 is 1.45 bits per heavy atom. The van der Waals surface area contributed by atoms with E-state index in [1.807, 2.05) is 27.7 Å². The summed E-state index contributed by atoms with van der Waals surface area (Å²) < 4.78 is 0. The second-order valence-corrected chi connectivity index (χ2v) is 8.10. The number of rotatable bonds is 7. The molecule has 1 unspecified atom stereocenters. The first-order valence-electron chi connectivity index (χ1n) is 7.93. The Kier molecular flexibility index (Phi) is 5.45. The van der Waals surface area contributed by atoms with Crippen LogP contribution in [0, 0.1) is 11.3 Å². The lowest BCUT2D eigenvalue weighted by Crippen LogP contribution is -2.46. The summed E-state index contributed by atoms with van der Waals surface area (Å²) in [6, 6.07) is -0.216. The van der Waals surface area contributed by atoms with Crippen molar-refractivity contribution in [1.29, 1.82) is 0 Å². The lowest BCUT2D eigenvalue weighted by atomic mass is 9.81. The third-order valence-electron chi connectivity index (χ3n) is 4.10. The van der Waals surface area contributed by atoms with Crippen LogP contribution in [-0.4, -0.2) is 28.8 Å². The number of hydrogen-bond donors (Lipinski definition) is 3. The largest absolute Gasteiger partial charge is 0.392 e. The van der Waals surface area contributed by atoms with Crippen LogP contribution in [0.4, 0.5) is 4.79 Å². The lowest BCUT2D eigenvalue weighted by molar-refractivity contribution is 0.0151. The summed E-state index contributed by atoms with van der Waals surface area (Å²) in [5.74, 6) is 0.813. The minimum absolute atomic E-state index is 0.163. The van der Waals surface area contributed by atoms with Crippen LogP contribution in [0.3, 0.4) is 0 Å². The number of carbonyl (C=O) groups excluding carboxylic acids is 1. The van der Waals surface area contributed by atoms with E-state index in [2.05, 4.69) is 21.0 Å². The van der Waals surface area contributed by atoms with Crippen LogP contribution < -0.4 is 10.6 Å². The summed E-state index contributed by atoms with van der Waals surface area (Å²) in [6.45, 7) is 8.76. The fourth-order valence-corrected chi connectivity index (χ4v) is 3.32. The van der Waals surface area contributed by atoms with Gasteiger partial charge in [0.1, 0.15) is 5.01 Å². The molecule has 1 aliphatic carbocycles. The van der Waals surface area contributed by atoms with Crippen molar-refractivity contribution in [3.05, 3.63) is 16.1 Å². The first-order chi connectivity index (χ1) is 10.3. The topological polar surface area (TPSA) is 74.2 Å².